The molecule has 8 heteroatoms. The Hall–Kier alpha value is -1.67. The van der Waals surface area contributed by atoms with Gasteiger partial charge < -0.3 is 9.80 Å². The van der Waals surface area contributed by atoms with E-state index in [-0.39, 0.29) is 23.9 Å². The summed E-state index contributed by atoms with van der Waals surface area (Å²) in [5.74, 6) is -0.447. The molecule has 138 valence electrons. The van der Waals surface area contributed by atoms with Crippen LogP contribution in [0.25, 0.3) is 0 Å². The maximum atomic E-state index is 13.5. The average molecular weight is 369 g/mol. The van der Waals surface area contributed by atoms with E-state index in [9.17, 15) is 17.6 Å². The summed E-state index contributed by atoms with van der Waals surface area (Å²) < 4.78 is 39.4. The Morgan fingerprint density at radius 3 is 2.56 bits per heavy atom. The van der Waals surface area contributed by atoms with Gasteiger partial charge in [-0.15, -0.1) is 0 Å². The van der Waals surface area contributed by atoms with Crippen LogP contribution in [-0.2, 0) is 14.8 Å². The van der Waals surface area contributed by atoms with Gasteiger partial charge in [-0.3, -0.25) is 4.79 Å². The molecule has 1 aromatic carbocycles. The summed E-state index contributed by atoms with van der Waals surface area (Å²) in [6.07, 6.45) is 2.30. The van der Waals surface area contributed by atoms with Crippen LogP contribution in [0, 0.1) is 5.82 Å². The van der Waals surface area contributed by atoms with Crippen molar-refractivity contribution in [1.29, 1.82) is 0 Å². The lowest BCUT2D eigenvalue weighted by atomic mass is 10.1. The molecule has 1 saturated heterocycles. The molecule has 1 amide bonds. The number of hydrogen-bond donors (Lipinski definition) is 0. The van der Waals surface area contributed by atoms with Crippen molar-refractivity contribution in [3.63, 3.8) is 0 Å². The van der Waals surface area contributed by atoms with Crippen LogP contribution >= 0.6 is 0 Å². The Balaban J connectivity index is 1.62. The highest BCUT2D eigenvalue weighted by atomic mass is 32.2. The molecule has 25 heavy (non-hydrogen) atoms. The number of sulfonamides is 1. The van der Waals surface area contributed by atoms with E-state index in [0.29, 0.717) is 44.0 Å². The highest BCUT2D eigenvalue weighted by Crippen LogP contribution is 2.33. The minimum atomic E-state index is -3.26. The number of rotatable bonds is 5. The smallest absolute Gasteiger partial charge is 0.227 e. The molecule has 2 aliphatic rings. The average Bonchev–Trinajstić information content (AvgIpc) is 3.11. The fraction of sp³-hybridized carbons (Fsp3) is 0.588. The fourth-order valence-electron chi connectivity index (χ4n) is 3.42. The monoisotopic (exact) mass is 369 g/mol. The number of hydrogen-bond acceptors (Lipinski definition) is 4. The first-order valence-electron chi connectivity index (χ1n) is 8.67. The molecule has 1 fully saturated rings. The molecule has 1 aromatic rings. The zero-order valence-electron chi connectivity index (χ0n) is 14.4. The number of nitrogens with zero attached hydrogens (tertiary/aromatic N) is 3. The van der Waals surface area contributed by atoms with Crippen molar-refractivity contribution in [2.75, 3.05) is 48.8 Å². The summed E-state index contributed by atoms with van der Waals surface area (Å²) in [6, 6.07) is 4.38. The predicted molar refractivity (Wildman–Crippen MR) is 95.9 cm³/mol. The SMILES string of the molecule is CN1CCN(C(=O)CCCS(=O)(=O)N2CCCC2)c2ccc(F)cc21. The quantitative estimate of drug-likeness (QED) is 0.794. The van der Waals surface area contributed by atoms with Crippen LogP contribution in [-0.4, -0.2) is 57.6 Å². The van der Waals surface area contributed by atoms with Crippen molar-refractivity contribution >= 4 is 27.3 Å². The molecule has 0 aromatic heterocycles. The first kappa shape index (κ1) is 18.1. The summed E-state index contributed by atoms with van der Waals surface area (Å²) in [7, 11) is -1.39. The van der Waals surface area contributed by atoms with Crippen molar-refractivity contribution in [2.45, 2.75) is 25.7 Å². The number of likely N-dealkylation sites (N-methyl/N-ethyl adjacent to an activating group) is 1. The number of amides is 1. The molecule has 0 N–H and O–H groups in total. The van der Waals surface area contributed by atoms with Crippen molar-refractivity contribution in [2.24, 2.45) is 0 Å². The molecule has 2 heterocycles. The molecule has 0 atom stereocenters. The maximum absolute atomic E-state index is 13.5. The largest absolute Gasteiger partial charge is 0.371 e. The lowest BCUT2D eigenvalue weighted by Crippen LogP contribution is -2.42. The van der Waals surface area contributed by atoms with Gasteiger partial charge in [0.1, 0.15) is 5.82 Å². The molecule has 0 aliphatic carbocycles. The Kier molecular flexibility index (Phi) is 5.29. The summed E-state index contributed by atoms with van der Waals surface area (Å²) in [5.41, 5.74) is 1.37. The third kappa shape index (κ3) is 3.95. The van der Waals surface area contributed by atoms with E-state index in [1.807, 2.05) is 11.9 Å². The first-order chi connectivity index (χ1) is 11.9. The van der Waals surface area contributed by atoms with Crippen LogP contribution in [0.2, 0.25) is 0 Å². The minimum absolute atomic E-state index is 0.00274. The van der Waals surface area contributed by atoms with Crippen molar-refractivity contribution in [3.05, 3.63) is 24.0 Å². The molecule has 0 radical (unpaired) electrons. The molecule has 0 unspecified atom stereocenters. The van der Waals surface area contributed by atoms with Crippen LogP contribution in [0.1, 0.15) is 25.7 Å². The predicted octanol–water partition coefficient (Wildman–Crippen LogP) is 1.81. The highest BCUT2D eigenvalue weighted by Gasteiger charge is 2.27. The van der Waals surface area contributed by atoms with E-state index < -0.39 is 10.0 Å². The maximum Gasteiger partial charge on any atom is 0.227 e. The topological polar surface area (TPSA) is 60.9 Å². The molecule has 3 rings (SSSR count). The Morgan fingerprint density at radius 1 is 1.12 bits per heavy atom. The van der Waals surface area contributed by atoms with Gasteiger partial charge in [0.05, 0.1) is 17.1 Å². The molecule has 2 aliphatic heterocycles. The van der Waals surface area contributed by atoms with Gasteiger partial charge in [0.2, 0.25) is 15.9 Å². The number of halogens is 1. The summed E-state index contributed by atoms with van der Waals surface area (Å²) in [6.45, 7) is 2.32. The van der Waals surface area contributed by atoms with Gasteiger partial charge in [-0.05, 0) is 37.5 Å². The highest BCUT2D eigenvalue weighted by molar-refractivity contribution is 7.89. The van der Waals surface area contributed by atoms with Crippen molar-refractivity contribution < 1.29 is 17.6 Å². The normalized spacial score (nSPS) is 18.5. The Bertz CT molecular complexity index is 748. The van der Waals surface area contributed by atoms with E-state index in [1.165, 1.54) is 16.4 Å². The summed E-state index contributed by atoms with van der Waals surface area (Å²) in [4.78, 5) is 16.1. The van der Waals surface area contributed by atoms with Gasteiger partial charge in [0.15, 0.2) is 0 Å². The molecule has 0 saturated carbocycles. The van der Waals surface area contributed by atoms with Crippen LogP contribution in [0.5, 0.6) is 0 Å². The summed E-state index contributed by atoms with van der Waals surface area (Å²) in [5, 5.41) is 0. The number of anilines is 2. The number of benzene rings is 1. The van der Waals surface area contributed by atoms with Gasteiger partial charge >= 0.3 is 0 Å². The van der Waals surface area contributed by atoms with Crippen LogP contribution in [0.4, 0.5) is 15.8 Å². The van der Waals surface area contributed by atoms with Gasteiger partial charge in [-0.1, -0.05) is 0 Å². The third-order valence-electron chi connectivity index (χ3n) is 4.85. The second-order valence-electron chi connectivity index (χ2n) is 6.63. The van der Waals surface area contributed by atoms with E-state index in [2.05, 4.69) is 0 Å². The number of carbonyl (C=O) groups excluding carboxylic acids is 1. The fourth-order valence-corrected chi connectivity index (χ4v) is 5.00. The van der Waals surface area contributed by atoms with E-state index in [4.69, 9.17) is 0 Å². The second kappa shape index (κ2) is 7.29. The molecule has 6 nitrogen and oxygen atoms in total. The molecule has 0 spiro atoms. The third-order valence-corrected chi connectivity index (χ3v) is 6.81. The zero-order valence-corrected chi connectivity index (χ0v) is 15.3. The van der Waals surface area contributed by atoms with Gasteiger partial charge in [0.25, 0.3) is 0 Å². The number of fused-ring (bicyclic) bond motifs is 1. The summed E-state index contributed by atoms with van der Waals surface area (Å²) >= 11 is 0. The van der Waals surface area contributed by atoms with Crippen LogP contribution < -0.4 is 9.80 Å². The number of carbonyl (C=O) groups is 1. The molecule has 0 bridgehead atoms. The lowest BCUT2D eigenvalue weighted by molar-refractivity contribution is -0.118. The van der Waals surface area contributed by atoms with Gasteiger partial charge in [-0.2, -0.15) is 0 Å². The Labute approximate surface area is 148 Å². The molecular formula is C17H24FN3O3S. The standard InChI is InChI=1S/C17H24FN3O3S/c1-19-10-11-21(15-7-6-14(18)13-16(15)19)17(22)5-4-12-25(23,24)20-8-2-3-9-20/h6-7,13H,2-5,8-12H2,1H3. The van der Waals surface area contributed by atoms with Crippen LogP contribution in [0.3, 0.4) is 0 Å². The van der Waals surface area contributed by atoms with E-state index >= 15 is 0 Å². The van der Waals surface area contributed by atoms with Crippen molar-refractivity contribution in [3.8, 4) is 0 Å². The molecular weight excluding hydrogens is 345 g/mol. The van der Waals surface area contributed by atoms with Crippen molar-refractivity contribution in [1.82, 2.24) is 4.31 Å². The van der Waals surface area contributed by atoms with E-state index in [0.717, 1.165) is 12.8 Å². The minimum Gasteiger partial charge on any atom is -0.371 e. The van der Waals surface area contributed by atoms with Gasteiger partial charge in [0, 0.05) is 39.6 Å². The van der Waals surface area contributed by atoms with Crippen LogP contribution in [0.15, 0.2) is 18.2 Å². The first-order valence-corrected chi connectivity index (χ1v) is 10.3. The lowest BCUT2D eigenvalue weighted by Gasteiger charge is -2.35. The zero-order chi connectivity index (χ0) is 18.0. The van der Waals surface area contributed by atoms with E-state index in [1.54, 1.807) is 11.0 Å². The van der Waals surface area contributed by atoms with Gasteiger partial charge in [-0.25, -0.2) is 17.1 Å². The Morgan fingerprint density at radius 2 is 1.84 bits per heavy atom. The second-order valence-corrected chi connectivity index (χ2v) is 8.71.